The fourth-order valence-corrected chi connectivity index (χ4v) is 10.8. The van der Waals surface area contributed by atoms with Crippen molar-refractivity contribution in [2.45, 2.75) is 111 Å². The fraction of sp³-hybridized carbons (Fsp3) is 0.929. The van der Waals surface area contributed by atoms with Crippen molar-refractivity contribution in [3.05, 3.63) is 12.2 Å². The molecule has 0 radical (unpaired) electrons. The second kappa shape index (κ2) is 6.60. The van der Waals surface area contributed by atoms with Crippen LogP contribution < -0.4 is 0 Å². The molecule has 0 aromatic carbocycles. The molecule has 5 fully saturated rings. The van der Waals surface area contributed by atoms with E-state index in [-0.39, 0.29) is 11.5 Å². The average molecular weight is 415 g/mol. The van der Waals surface area contributed by atoms with Crippen molar-refractivity contribution >= 4 is 0 Å². The summed E-state index contributed by atoms with van der Waals surface area (Å²) < 4.78 is 0. The lowest BCUT2D eigenvalue weighted by Crippen LogP contribution is -2.63. The Morgan fingerprint density at radius 3 is 2.17 bits per heavy atom. The zero-order valence-electron chi connectivity index (χ0n) is 20.2. The van der Waals surface area contributed by atoms with Crippen molar-refractivity contribution in [1.82, 2.24) is 0 Å². The van der Waals surface area contributed by atoms with Gasteiger partial charge in [0.2, 0.25) is 0 Å². The Morgan fingerprint density at radius 2 is 1.47 bits per heavy atom. The highest BCUT2D eigenvalue weighted by atomic mass is 16.3. The summed E-state index contributed by atoms with van der Waals surface area (Å²) in [5, 5.41) is 22.4. The van der Waals surface area contributed by atoms with Crippen molar-refractivity contribution in [1.29, 1.82) is 0 Å². The van der Waals surface area contributed by atoms with Crippen LogP contribution in [0.4, 0.5) is 0 Å². The maximum atomic E-state index is 11.6. The summed E-state index contributed by atoms with van der Waals surface area (Å²) in [5.41, 5.74) is 1.68. The Bertz CT molecular complexity index is 726. The summed E-state index contributed by atoms with van der Waals surface area (Å²) >= 11 is 0. The van der Waals surface area contributed by atoms with Crippen LogP contribution in [0, 0.1) is 51.8 Å². The molecule has 0 heterocycles. The topological polar surface area (TPSA) is 40.5 Å². The summed E-state index contributed by atoms with van der Waals surface area (Å²) in [6, 6.07) is 0. The number of rotatable bonds is 1. The van der Waals surface area contributed by atoms with Crippen LogP contribution in [0.25, 0.3) is 0 Å². The molecule has 30 heavy (non-hydrogen) atoms. The van der Waals surface area contributed by atoms with Crippen molar-refractivity contribution < 1.29 is 10.2 Å². The van der Waals surface area contributed by atoms with Gasteiger partial charge in [0, 0.05) is 0 Å². The van der Waals surface area contributed by atoms with E-state index in [2.05, 4.69) is 41.2 Å². The quantitative estimate of drug-likeness (QED) is 0.490. The molecule has 2 heteroatoms. The average Bonchev–Trinajstić information content (AvgIpc) is 3.03. The van der Waals surface area contributed by atoms with E-state index in [1.165, 1.54) is 44.1 Å². The second-order valence-corrected chi connectivity index (χ2v) is 13.5. The first-order valence-corrected chi connectivity index (χ1v) is 13.0. The normalized spacial score (nSPS) is 57.0. The monoisotopic (exact) mass is 414 g/mol. The van der Waals surface area contributed by atoms with Crippen LogP contribution in [0.1, 0.15) is 98.8 Å². The number of hydrogen-bond acceptors (Lipinski definition) is 2. The van der Waals surface area contributed by atoms with E-state index >= 15 is 0 Å². The summed E-state index contributed by atoms with van der Waals surface area (Å²) in [5.74, 6) is 3.82. The van der Waals surface area contributed by atoms with Gasteiger partial charge < -0.3 is 10.2 Å². The van der Waals surface area contributed by atoms with Crippen molar-refractivity contribution in [2.24, 2.45) is 51.8 Å². The number of aliphatic hydroxyl groups excluding tert-OH is 1. The third-order valence-corrected chi connectivity index (χ3v) is 12.2. The molecule has 0 aromatic heterocycles. The highest BCUT2D eigenvalue weighted by molar-refractivity contribution is 5.18. The highest BCUT2D eigenvalue weighted by Gasteiger charge is 2.66. The summed E-state index contributed by atoms with van der Waals surface area (Å²) in [6.07, 6.45) is 11.6. The van der Waals surface area contributed by atoms with Gasteiger partial charge in [-0.05, 0) is 123 Å². The van der Waals surface area contributed by atoms with Crippen LogP contribution in [0.3, 0.4) is 0 Å². The zero-order chi connectivity index (χ0) is 21.7. The highest BCUT2D eigenvalue weighted by Crippen LogP contribution is 2.72. The van der Waals surface area contributed by atoms with Gasteiger partial charge in [-0.3, -0.25) is 0 Å². The van der Waals surface area contributed by atoms with E-state index in [1.54, 1.807) is 0 Å². The van der Waals surface area contributed by atoms with E-state index in [4.69, 9.17) is 0 Å². The maximum Gasteiger partial charge on any atom is 0.0684 e. The van der Waals surface area contributed by atoms with E-state index in [9.17, 15) is 10.2 Å². The lowest BCUT2D eigenvalue weighted by atomic mass is 9.36. The third-order valence-electron chi connectivity index (χ3n) is 12.2. The Balaban J connectivity index is 1.49. The molecule has 0 aliphatic heterocycles. The first-order valence-electron chi connectivity index (χ1n) is 13.0. The molecule has 5 aliphatic carbocycles. The lowest BCUT2D eigenvalue weighted by molar-refractivity contribution is -0.221. The van der Waals surface area contributed by atoms with Crippen LogP contribution in [0.15, 0.2) is 12.2 Å². The van der Waals surface area contributed by atoms with Crippen molar-refractivity contribution in [3.63, 3.8) is 0 Å². The predicted molar refractivity (Wildman–Crippen MR) is 123 cm³/mol. The van der Waals surface area contributed by atoms with Crippen LogP contribution in [0.5, 0.6) is 0 Å². The van der Waals surface area contributed by atoms with Crippen LogP contribution in [-0.2, 0) is 0 Å². The standard InChI is InChI=1S/C28H46O2/c1-17(2)18-9-15-28(30)16-10-20-19(24(18)28)7-8-22-26(20,5)13-11-21-25(3,4)23(29)12-14-27(21,22)6/h18-24,29-30H,1,7-16H2,2-6H3. The van der Waals surface area contributed by atoms with Gasteiger partial charge in [0.15, 0.2) is 0 Å². The maximum absolute atomic E-state index is 11.6. The Hall–Kier alpha value is -0.340. The van der Waals surface area contributed by atoms with Gasteiger partial charge in [0.1, 0.15) is 0 Å². The van der Waals surface area contributed by atoms with Crippen LogP contribution in [-0.4, -0.2) is 21.9 Å². The third kappa shape index (κ3) is 2.62. The first-order chi connectivity index (χ1) is 13.9. The van der Waals surface area contributed by atoms with Gasteiger partial charge in [-0.1, -0.05) is 39.8 Å². The van der Waals surface area contributed by atoms with Gasteiger partial charge in [-0.25, -0.2) is 0 Å². The smallest absolute Gasteiger partial charge is 0.0684 e. The fourth-order valence-electron chi connectivity index (χ4n) is 10.8. The van der Waals surface area contributed by atoms with Gasteiger partial charge in [0.25, 0.3) is 0 Å². The minimum atomic E-state index is -0.425. The number of aliphatic hydroxyl groups is 2. The lowest BCUT2D eigenvalue weighted by Gasteiger charge is -2.69. The van der Waals surface area contributed by atoms with E-state index in [0.29, 0.717) is 34.5 Å². The van der Waals surface area contributed by atoms with Gasteiger partial charge >= 0.3 is 0 Å². The molecule has 5 saturated carbocycles. The van der Waals surface area contributed by atoms with Gasteiger partial charge in [-0.2, -0.15) is 0 Å². The SMILES string of the molecule is C=C(C)C1CCC2(O)CCC3C(CCC4C3(C)CCC3C(C)(C)C(O)CCC34C)C12. The first kappa shape index (κ1) is 21.5. The molecule has 5 rings (SSSR count). The zero-order valence-corrected chi connectivity index (χ0v) is 20.2. The molecule has 0 spiro atoms. The Labute approximate surface area is 184 Å². The van der Waals surface area contributed by atoms with Crippen LogP contribution in [0.2, 0.25) is 0 Å². The summed E-state index contributed by atoms with van der Waals surface area (Å²) in [6.45, 7) is 16.5. The molecule has 10 atom stereocenters. The molecule has 0 saturated heterocycles. The molecule has 0 bridgehead atoms. The summed E-state index contributed by atoms with van der Waals surface area (Å²) in [7, 11) is 0. The molecule has 2 nitrogen and oxygen atoms in total. The molecular weight excluding hydrogens is 368 g/mol. The molecule has 5 aliphatic rings. The van der Waals surface area contributed by atoms with E-state index < -0.39 is 5.60 Å². The molecule has 0 aromatic rings. The van der Waals surface area contributed by atoms with Gasteiger partial charge in [0.05, 0.1) is 11.7 Å². The molecular formula is C28H46O2. The van der Waals surface area contributed by atoms with Crippen molar-refractivity contribution in [3.8, 4) is 0 Å². The van der Waals surface area contributed by atoms with Gasteiger partial charge in [-0.15, -0.1) is 0 Å². The number of fused-ring (bicyclic) bond motifs is 7. The largest absolute Gasteiger partial charge is 0.393 e. The number of hydrogen-bond donors (Lipinski definition) is 2. The molecule has 0 amide bonds. The summed E-state index contributed by atoms with van der Waals surface area (Å²) in [4.78, 5) is 0. The van der Waals surface area contributed by atoms with E-state index in [1.807, 2.05) is 0 Å². The minimum absolute atomic E-state index is 0.0362. The molecule has 2 N–H and O–H groups in total. The van der Waals surface area contributed by atoms with Crippen molar-refractivity contribution in [2.75, 3.05) is 0 Å². The molecule has 10 unspecified atom stereocenters. The minimum Gasteiger partial charge on any atom is -0.393 e. The number of allylic oxidation sites excluding steroid dienone is 1. The second-order valence-electron chi connectivity index (χ2n) is 13.5. The predicted octanol–water partition coefficient (Wildman–Crippen LogP) is 6.36. The van der Waals surface area contributed by atoms with Crippen LogP contribution >= 0.6 is 0 Å². The Kier molecular flexibility index (Phi) is 4.73. The molecule has 170 valence electrons. The van der Waals surface area contributed by atoms with E-state index in [0.717, 1.165) is 37.5 Å². The Morgan fingerprint density at radius 1 is 0.800 bits per heavy atom.